The van der Waals surface area contributed by atoms with E-state index in [0.717, 1.165) is 24.2 Å². The summed E-state index contributed by atoms with van der Waals surface area (Å²) in [6.07, 6.45) is 3.38. The van der Waals surface area contributed by atoms with E-state index in [4.69, 9.17) is 10.2 Å². The molecule has 1 heterocycles. The topological polar surface area (TPSA) is 68.3 Å². The fourth-order valence-corrected chi connectivity index (χ4v) is 2.52. The van der Waals surface area contributed by atoms with Crippen molar-refractivity contribution in [1.82, 2.24) is 5.32 Å². The highest BCUT2D eigenvalue weighted by molar-refractivity contribution is 5.91. The van der Waals surface area contributed by atoms with Crippen molar-refractivity contribution in [3.63, 3.8) is 0 Å². The molecular weight excluding hydrogens is 252 g/mol. The van der Waals surface area contributed by atoms with Gasteiger partial charge in [0.25, 0.3) is 0 Å². The van der Waals surface area contributed by atoms with E-state index in [2.05, 4.69) is 5.32 Å². The van der Waals surface area contributed by atoms with Crippen LogP contribution in [0.1, 0.15) is 37.1 Å². The van der Waals surface area contributed by atoms with E-state index >= 15 is 0 Å². The van der Waals surface area contributed by atoms with Crippen molar-refractivity contribution in [2.45, 2.75) is 31.2 Å². The summed E-state index contributed by atoms with van der Waals surface area (Å²) in [5.41, 5.74) is 7.07. The van der Waals surface area contributed by atoms with Crippen molar-refractivity contribution < 1.29 is 9.21 Å². The average molecular weight is 270 g/mol. The molecule has 1 fully saturated rings. The third kappa shape index (κ3) is 2.18. The fraction of sp³-hybridized carbons (Fsp3) is 0.312. The Bertz CT molecular complexity index is 598. The van der Waals surface area contributed by atoms with Gasteiger partial charge in [-0.15, -0.1) is 0 Å². The molecule has 1 atom stereocenters. The molecule has 1 saturated carbocycles. The summed E-state index contributed by atoms with van der Waals surface area (Å²) in [4.78, 5) is 12.5. The largest absolute Gasteiger partial charge is 0.467 e. The van der Waals surface area contributed by atoms with Gasteiger partial charge in [-0.1, -0.05) is 12.1 Å². The lowest BCUT2D eigenvalue weighted by Gasteiger charge is -2.19. The summed E-state index contributed by atoms with van der Waals surface area (Å²) < 4.78 is 5.32. The fourth-order valence-electron chi connectivity index (χ4n) is 2.52. The lowest BCUT2D eigenvalue weighted by molar-refractivity contribution is -0.124. The Labute approximate surface area is 118 Å². The Morgan fingerprint density at radius 3 is 2.55 bits per heavy atom. The molecule has 3 rings (SSSR count). The number of nitrogen functional groups attached to an aromatic ring is 1. The van der Waals surface area contributed by atoms with E-state index in [1.807, 2.05) is 43.3 Å². The van der Waals surface area contributed by atoms with Gasteiger partial charge in [-0.25, -0.2) is 0 Å². The maximum atomic E-state index is 12.5. The van der Waals surface area contributed by atoms with E-state index in [0.29, 0.717) is 5.69 Å². The maximum absolute atomic E-state index is 12.5. The first-order valence-corrected chi connectivity index (χ1v) is 6.82. The van der Waals surface area contributed by atoms with Gasteiger partial charge in [0.1, 0.15) is 5.76 Å². The number of nitrogens with two attached hydrogens (primary N) is 1. The molecule has 1 aliphatic carbocycles. The van der Waals surface area contributed by atoms with Gasteiger partial charge in [0.2, 0.25) is 5.91 Å². The Morgan fingerprint density at radius 2 is 2.00 bits per heavy atom. The molecule has 3 N–H and O–H groups in total. The second-order valence-corrected chi connectivity index (χ2v) is 5.41. The van der Waals surface area contributed by atoms with Gasteiger partial charge < -0.3 is 15.5 Å². The molecule has 1 aromatic carbocycles. The zero-order chi connectivity index (χ0) is 14.2. The Morgan fingerprint density at radius 1 is 1.30 bits per heavy atom. The molecular formula is C16H18N2O2. The third-order valence-electron chi connectivity index (χ3n) is 3.97. The second-order valence-electron chi connectivity index (χ2n) is 5.41. The molecule has 1 aromatic heterocycles. The SMILES string of the molecule is CC(NC(=O)C1(c2ccc(N)cc2)CC1)c1ccco1. The molecule has 1 unspecified atom stereocenters. The number of furan rings is 1. The minimum absolute atomic E-state index is 0.0613. The van der Waals surface area contributed by atoms with Crippen molar-refractivity contribution in [1.29, 1.82) is 0 Å². The number of hydrogen-bond acceptors (Lipinski definition) is 3. The number of amides is 1. The Balaban J connectivity index is 1.75. The van der Waals surface area contributed by atoms with E-state index in [1.54, 1.807) is 6.26 Å². The van der Waals surface area contributed by atoms with Crippen LogP contribution in [-0.4, -0.2) is 5.91 Å². The van der Waals surface area contributed by atoms with Crippen molar-refractivity contribution >= 4 is 11.6 Å². The lowest BCUT2D eigenvalue weighted by Crippen LogP contribution is -2.36. The highest BCUT2D eigenvalue weighted by Gasteiger charge is 2.51. The van der Waals surface area contributed by atoms with Crippen molar-refractivity contribution in [3.05, 3.63) is 54.0 Å². The smallest absolute Gasteiger partial charge is 0.231 e. The molecule has 1 amide bonds. The average Bonchev–Trinajstić information content (AvgIpc) is 3.06. The van der Waals surface area contributed by atoms with Gasteiger partial charge >= 0.3 is 0 Å². The summed E-state index contributed by atoms with van der Waals surface area (Å²) in [5, 5.41) is 3.03. The van der Waals surface area contributed by atoms with Crippen LogP contribution in [0.25, 0.3) is 0 Å². The molecule has 4 heteroatoms. The minimum atomic E-state index is -0.380. The van der Waals surface area contributed by atoms with Crippen LogP contribution in [0.4, 0.5) is 5.69 Å². The van der Waals surface area contributed by atoms with Gasteiger partial charge in [0.05, 0.1) is 17.7 Å². The van der Waals surface area contributed by atoms with E-state index in [9.17, 15) is 4.79 Å². The lowest BCUT2D eigenvalue weighted by atomic mass is 9.94. The van der Waals surface area contributed by atoms with Crippen LogP contribution in [0.2, 0.25) is 0 Å². The number of nitrogens with one attached hydrogen (secondary N) is 1. The Kier molecular flexibility index (Phi) is 3.01. The summed E-state index contributed by atoms with van der Waals surface area (Å²) in [7, 11) is 0. The number of carbonyl (C=O) groups excluding carboxylic acids is 1. The van der Waals surface area contributed by atoms with E-state index in [1.165, 1.54) is 0 Å². The standard InChI is InChI=1S/C16H18N2O2/c1-11(14-3-2-10-20-14)18-15(19)16(8-9-16)12-4-6-13(17)7-5-12/h2-7,10-11H,8-9,17H2,1H3,(H,18,19). The second kappa shape index (κ2) is 4.71. The zero-order valence-corrected chi connectivity index (χ0v) is 11.4. The third-order valence-corrected chi connectivity index (χ3v) is 3.97. The molecule has 20 heavy (non-hydrogen) atoms. The molecule has 104 valence electrons. The summed E-state index contributed by atoms with van der Waals surface area (Å²) in [5.74, 6) is 0.831. The molecule has 2 aromatic rings. The highest BCUT2D eigenvalue weighted by atomic mass is 16.3. The van der Waals surface area contributed by atoms with Crippen LogP contribution in [0.3, 0.4) is 0 Å². The summed E-state index contributed by atoms with van der Waals surface area (Å²) in [6.45, 7) is 1.93. The van der Waals surface area contributed by atoms with Gasteiger partial charge in [-0.2, -0.15) is 0 Å². The van der Waals surface area contributed by atoms with Gasteiger partial charge in [-0.05, 0) is 49.6 Å². The molecule has 0 radical (unpaired) electrons. The first kappa shape index (κ1) is 12.8. The van der Waals surface area contributed by atoms with Gasteiger partial charge in [0, 0.05) is 5.69 Å². The summed E-state index contributed by atoms with van der Waals surface area (Å²) in [6, 6.07) is 11.2. The molecule has 0 spiro atoms. The number of benzene rings is 1. The van der Waals surface area contributed by atoms with Gasteiger partial charge in [0.15, 0.2) is 0 Å². The van der Waals surface area contributed by atoms with Crippen LogP contribution in [-0.2, 0) is 10.2 Å². The molecule has 0 aliphatic heterocycles. The van der Waals surface area contributed by atoms with Gasteiger partial charge in [-0.3, -0.25) is 4.79 Å². The van der Waals surface area contributed by atoms with Crippen molar-refractivity contribution in [2.24, 2.45) is 0 Å². The van der Waals surface area contributed by atoms with Crippen LogP contribution >= 0.6 is 0 Å². The zero-order valence-electron chi connectivity index (χ0n) is 11.4. The maximum Gasteiger partial charge on any atom is 0.231 e. The number of hydrogen-bond donors (Lipinski definition) is 2. The van der Waals surface area contributed by atoms with Crippen LogP contribution in [0.15, 0.2) is 47.1 Å². The van der Waals surface area contributed by atoms with Crippen molar-refractivity contribution in [3.8, 4) is 0 Å². The predicted octanol–water partition coefficient (Wildman–Crippen LogP) is 2.77. The quantitative estimate of drug-likeness (QED) is 0.839. The molecule has 1 aliphatic rings. The molecule has 4 nitrogen and oxygen atoms in total. The highest BCUT2D eigenvalue weighted by Crippen LogP contribution is 2.48. The van der Waals surface area contributed by atoms with E-state index < -0.39 is 0 Å². The predicted molar refractivity (Wildman–Crippen MR) is 77.0 cm³/mol. The minimum Gasteiger partial charge on any atom is -0.467 e. The first-order valence-electron chi connectivity index (χ1n) is 6.82. The molecule has 0 bridgehead atoms. The number of rotatable bonds is 4. The van der Waals surface area contributed by atoms with E-state index in [-0.39, 0.29) is 17.4 Å². The number of anilines is 1. The molecule has 0 saturated heterocycles. The van der Waals surface area contributed by atoms with Crippen LogP contribution < -0.4 is 11.1 Å². The monoisotopic (exact) mass is 270 g/mol. The van der Waals surface area contributed by atoms with Crippen molar-refractivity contribution in [2.75, 3.05) is 5.73 Å². The Hall–Kier alpha value is -2.23. The number of carbonyl (C=O) groups is 1. The van der Waals surface area contributed by atoms with Crippen LogP contribution in [0, 0.1) is 0 Å². The summed E-state index contributed by atoms with van der Waals surface area (Å²) >= 11 is 0. The first-order chi connectivity index (χ1) is 9.62. The normalized spacial score (nSPS) is 17.4. The van der Waals surface area contributed by atoms with Crippen LogP contribution in [0.5, 0.6) is 0 Å².